The van der Waals surface area contributed by atoms with Crippen LogP contribution in [0.2, 0.25) is 0 Å². The minimum atomic E-state index is -1.03. The summed E-state index contributed by atoms with van der Waals surface area (Å²) >= 11 is 0. The third-order valence-corrected chi connectivity index (χ3v) is 9.71. The predicted octanol–water partition coefficient (Wildman–Crippen LogP) is 3.61. The fourth-order valence-electron chi connectivity index (χ4n) is 6.94. The van der Waals surface area contributed by atoms with E-state index in [-0.39, 0.29) is 62.0 Å². The van der Waals surface area contributed by atoms with Gasteiger partial charge in [0.2, 0.25) is 17.7 Å². The van der Waals surface area contributed by atoms with Gasteiger partial charge >= 0.3 is 6.09 Å². The summed E-state index contributed by atoms with van der Waals surface area (Å²) in [6, 6.07) is 16.3. The van der Waals surface area contributed by atoms with Crippen molar-refractivity contribution in [2.24, 2.45) is 13.0 Å². The Kier molecular flexibility index (Phi) is 12.2. The SMILES string of the molecule is CCC(=O)N[C@H](Cc1ccc(NC(=O)[C@@H](NC(=O)c2ccnn2C)C2CCCCC2)cc1)C(=O)N1CCN(C(=O)O)[C@@H](Cc2ccccc2)C1. The van der Waals surface area contributed by atoms with Crippen LogP contribution in [0, 0.1) is 5.92 Å². The van der Waals surface area contributed by atoms with Gasteiger partial charge in [0, 0.05) is 51.4 Å². The molecule has 4 N–H and O–H groups in total. The summed E-state index contributed by atoms with van der Waals surface area (Å²) in [5.41, 5.74) is 2.67. The third-order valence-electron chi connectivity index (χ3n) is 9.71. The first-order valence-corrected chi connectivity index (χ1v) is 17.4. The summed E-state index contributed by atoms with van der Waals surface area (Å²) in [6.07, 6.45) is 6.21. The van der Waals surface area contributed by atoms with Crippen molar-refractivity contribution in [1.29, 1.82) is 0 Å². The van der Waals surface area contributed by atoms with Gasteiger partial charge in [0.25, 0.3) is 5.91 Å². The highest BCUT2D eigenvalue weighted by Crippen LogP contribution is 2.28. The van der Waals surface area contributed by atoms with E-state index in [1.807, 2.05) is 30.3 Å². The van der Waals surface area contributed by atoms with E-state index in [2.05, 4.69) is 21.0 Å². The molecule has 0 spiro atoms. The lowest BCUT2D eigenvalue weighted by Crippen LogP contribution is -2.60. The largest absolute Gasteiger partial charge is 0.465 e. The molecule has 0 bridgehead atoms. The van der Waals surface area contributed by atoms with Gasteiger partial charge in [-0.15, -0.1) is 0 Å². The Labute approximate surface area is 292 Å². The first kappa shape index (κ1) is 36.1. The molecule has 1 aromatic heterocycles. The number of hydrogen-bond donors (Lipinski definition) is 4. The monoisotopic (exact) mass is 685 g/mol. The van der Waals surface area contributed by atoms with Crippen LogP contribution in [0.4, 0.5) is 10.5 Å². The normalized spacial score (nSPS) is 17.8. The lowest BCUT2D eigenvalue weighted by Gasteiger charge is -2.41. The summed E-state index contributed by atoms with van der Waals surface area (Å²) in [5.74, 6) is -1.18. The summed E-state index contributed by atoms with van der Waals surface area (Å²) in [6.45, 7) is 2.32. The minimum absolute atomic E-state index is 0.0128. The molecule has 3 atom stereocenters. The van der Waals surface area contributed by atoms with Crippen LogP contribution < -0.4 is 16.0 Å². The van der Waals surface area contributed by atoms with Gasteiger partial charge < -0.3 is 30.9 Å². The maximum Gasteiger partial charge on any atom is 0.407 e. The number of nitrogens with zero attached hydrogens (tertiary/aromatic N) is 4. The van der Waals surface area contributed by atoms with E-state index >= 15 is 0 Å². The maximum atomic E-state index is 13.9. The molecule has 0 radical (unpaired) electrons. The van der Waals surface area contributed by atoms with Gasteiger partial charge in [0.05, 0.1) is 6.04 Å². The number of nitrogens with one attached hydrogen (secondary N) is 3. The molecule has 2 aromatic carbocycles. The Hall–Kier alpha value is -5.20. The topological polar surface area (TPSA) is 166 Å². The number of aryl methyl sites for hydroxylation is 1. The van der Waals surface area contributed by atoms with Gasteiger partial charge in [-0.3, -0.25) is 23.9 Å². The predicted molar refractivity (Wildman–Crippen MR) is 187 cm³/mol. The number of amides is 5. The van der Waals surface area contributed by atoms with Crippen molar-refractivity contribution in [3.8, 4) is 0 Å². The molecule has 50 heavy (non-hydrogen) atoms. The van der Waals surface area contributed by atoms with Crippen LogP contribution in [0.5, 0.6) is 0 Å². The highest BCUT2D eigenvalue weighted by atomic mass is 16.4. The average molecular weight is 686 g/mol. The number of carbonyl (C=O) groups is 5. The van der Waals surface area contributed by atoms with E-state index in [0.717, 1.165) is 43.2 Å². The Bertz CT molecular complexity index is 1640. The van der Waals surface area contributed by atoms with Gasteiger partial charge in [-0.05, 0) is 54.5 Å². The van der Waals surface area contributed by atoms with Crippen LogP contribution >= 0.6 is 0 Å². The molecule has 2 heterocycles. The second kappa shape index (κ2) is 17.0. The quantitative estimate of drug-likeness (QED) is 0.226. The standard InChI is InChI=1S/C37H47N7O6/c1-3-32(45)40-30(36(48)43-20-21-44(37(49)50)29(24-43)22-25-10-6-4-7-11-25)23-26-14-16-28(17-15-26)39-35(47)33(27-12-8-5-9-13-27)41-34(46)31-18-19-38-42(31)2/h4,6-7,10-11,14-19,27,29-30,33H,3,5,8-9,12-13,20-24H2,1-2H3,(H,39,47)(H,40,45)(H,41,46)(H,49,50)/t29-,30+,33-/m0/s1. The molecule has 0 unspecified atom stereocenters. The van der Waals surface area contributed by atoms with E-state index in [1.54, 1.807) is 55.4 Å². The van der Waals surface area contributed by atoms with Crippen LogP contribution in [0.1, 0.15) is 67.1 Å². The summed E-state index contributed by atoms with van der Waals surface area (Å²) < 4.78 is 1.48. The molecule has 1 aliphatic heterocycles. The van der Waals surface area contributed by atoms with E-state index in [1.165, 1.54) is 9.58 Å². The van der Waals surface area contributed by atoms with E-state index in [0.29, 0.717) is 17.8 Å². The van der Waals surface area contributed by atoms with Crippen LogP contribution in [0.15, 0.2) is 66.9 Å². The molecule has 3 aromatic rings. The summed E-state index contributed by atoms with van der Waals surface area (Å²) in [4.78, 5) is 68.2. The molecule has 1 aliphatic carbocycles. The number of anilines is 1. The Morgan fingerprint density at radius 1 is 0.900 bits per heavy atom. The van der Waals surface area contributed by atoms with E-state index in [4.69, 9.17) is 0 Å². The number of rotatable bonds is 12. The van der Waals surface area contributed by atoms with E-state index in [9.17, 15) is 29.1 Å². The number of aromatic nitrogens is 2. The number of benzene rings is 2. The molecule has 266 valence electrons. The van der Waals surface area contributed by atoms with Crippen molar-refractivity contribution in [3.05, 3.63) is 83.7 Å². The fraction of sp³-hybridized carbons (Fsp3) is 0.459. The fourth-order valence-corrected chi connectivity index (χ4v) is 6.94. The molecule has 2 aliphatic rings. The molecule has 13 heteroatoms. The molecule has 13 nitrogen and oxygen atoms in total. The zero-order chi connectivity index (χ0) is 35.6. The zero-order valence-electron chi connectivity index (χ0n) is 28.7. The highest BCUT2D eigenvalue weighted by Gasteiger charge is 2.36. The minimum Gasteiger partial charge on any atom is -0.465 e. The van der Waals surface area contributed by atoms with Crippen molar-refractivity contribution in [2.45, 2.75) is 76.4 Å². The molecule has 5 rings (SSSR count). The Morgan fingerprint density at radius 3 is 2.26 bits per heavy atom. The molecular formula is C37H47N7O6. The van der Waals surface area contributed by atoms with Crippen LogP contribution in [0.3, 0.4) is 0 Å². The van der Waals surface area contributed by atoms with Crippen LogP contribution in [-0.4, -0.2) is 92.2 Å². The lowest BCUT2D eigenvalue weighted by molar-refractivity contribution is -0.138. The number of piperazine rings is 1. The van der Waals surface area contributed by atoms with Crippen molar-refractivity contribution in [1.82, 2.24) is 30.2 Å². The Morgan fingerprint density at radius 2 is 1.62 bits per heavy atom. The molecular weight excluding hydrogens is 638 g/mol. The maximum absolute atomic E-state index is 13.9. The van der Waals surface area contributed by atoms with Crippen LogP contribution in [-0.2, 0) is 34.3 Å². The average Bonchev–Trinajstić information content (AvgIpc) is 3.57. The van der Waals surface area contributed by atoms with Gasteiger partial charge in [-0.1, -0.05) is 68.7 Å². The first-order valence-electron chi connectivity index (χ1n) is 17.4. The molecule has 1 saturated heterocycles. The Balaban J connectivity index is 1.26. The first-order chi connectivity index (χ1) is 24.1. The van der Waals surface area contributed by atoms with Crippen molar-refractivity contribution in [2.75, 3.05) is 25.0 Å². The van der Waals surface area contributed by atoms with Crippen molar-refractivity contribution < 1.29 is 29.1 Å². The second-order valence-corrected chi connectivity index (χ2v) is 13.2. The lowest BCUT2D eigenvalue weighted by atomic mass is 9.83. The van der Waals surface area contributed by atoms with Crippen molar-refractivity contribution >= 4 is 35.4 Å². The smallest absolute Gasteiger partial charge is 0.407 e. The van der Waals surface area contributed by atoms with Gasteiger partial charge in [0.15, 0.2) is 0 Å². The number of carboxylic acid groups (broad SMARTS) is 1. The zero-order valence-corrected chi connectivity index (χ0v) is 28.7. The van der Waals surface area contributed by atoms with E-state index < -0.39 is 24.2 Å². The van der Waals surface area contributed by atoms with Crippen molar-refractivity contribution in [3.63, 3.8) is 0 Å². The highest BCUT2D eigenvalue weighted by molar-refractivity contribution is 6.00. The molecule has 2 fully saturated rings. The van der Waals surface area contributed by atoms with Crippen LogP contribution in [0.25, 0.3) is 0 Å². The third kappa shape index (κ3) is 9.27. The van der Waals surface area contributed by atoms with Gasteiger partial charge in [-0.2, -0.15) is 5.10 Å². The summed E-state index contributed by atoms with van der Waals surface area (Å²) in [7, 11) is 1.68. The second-order valence-electron chi connectivity index (χ2n) is 13.2. The number of hydrogen-bond acceptors (Lipinski definition) is 6. The van der Waals surface area contributed by atoms with Gasteiger partial charge in [0.1, 0.15) is 17.8 Å². The summed E-state index contributed by atoms with van der Waals surface area (Å²) in [5, 5.41) is 22.7. The molecule has 5 amide bonds. The number of carbonyl (C=O) groups excluding carboxylic acids is 4. The van der Waals surface area contributed by atoms with Gasteiger partial charge in [-0.25, -0.2) is 4.79 Å². The molecule has 1 saturated carbocycles.